The standard InChI is InChI=1S/C15H21N3O2S/c1-4-16-9-5-6-14-17-18-15(21-14)11-7-8-12(19-2)13(10-11)20-3/h7-8,10,16H,4-6,9H2,1-3H3. The zero-order valence-corrected chi connectivity index (χ0v) is 13.5. The van der Waals surface area contributed by atoms with Crippen molar-refractivity contribution in [1.29, 1.82) is 0 Å². The summed E-state index contributed by atoms with van der Waals surface area (Å²) in [7, 11) is 3.26. The van der Waals surface area contributed by atoms with Crippen LogP contribution in [0.5, 0.6) is 11.5 Å². The quantitative estimate of drug-likeness (QED) is 0.760. The molecule has 0 radical (unpaired) electrons. The van der Waals surface area contributed by atoms with Crippen molar-refractivity contribution in [2.75, 3.05) is 27.3 Å². The van der Waals surface area contributed by atoms with Gasteiger partial charge >= 0.3 is 0 Å². The van der Waals surface area contributed by atoms with Gasteiger partial charge in [-0.1, -0.05) is 18.3 Å². The molecular weight excluding hydrogens is 286 g/mol. The van der Waals surface area contributed by atoms with Gasteiger partial charge in [-0.3, -0.25) is 0 Å². The van der Waals surface area contributed by atoms with E-state index < -0.39 is 0 Å². The van der Waals surface area contributed by atoms with E-state index in [2.05, 4.69) is 22.4 Å². The van der Waals surface area contributed by atoms with Gasteiger partial charge < -0.3 is 14.8 Å². The number of benzene rings is 1. The third kappa shape index (κ3) is 4.15. The zero-order chi connectivity index (χ0) is 15.1. The van der Waals surface area contributed by atoms with Gasteiger partial charge in [0, 0.05) is 12.0 Å². The van der Waals surface area contributed by atoms with E-state index in [1.54, 1.807) is 25.6 Å². The first-order chi connectivity index (χ1) is 10.3. The third-order valence-corrected chi connectivity index (χ3v) is 4.12. The van der Waals surface area contributed by atoms with Crippen molar-refractivity contribution in [3.63, 3.8) is 0 Å². The van der Waals surface area contributed by atoms with Crippen molar-refractivity contribution >= 4 is 11.3 Å². The molecule has 0 saturated carbocycles. The molecule has 6 heteroatoms. The van der Waals surface area contributed by atoms with Crippen molar-refractivity contribution in [2.45, 2.75) is 19.8 Å². The summed E-state index contributed by atoms with van der Waals surface area (Å²) >= 11 is 1.63. The number of methoxy groups -OCH3 is 2. The molecule has 0 bridgehead atoms. The number of hydrogen-bond donors (Lipinski definition) is 1. The van der Waals surface area contributed by atoms with Crippen molar-refractivity contribution in [3.05, 3.63) is 23.2 Å². The van der Waals surface area contributed by atoms with Crippen molar-refractivity contribution in [3.8, 4) is 22.1 Å². The van der Waals surface area contributed by atoms with Crippen molar-refractivity contribution in [1.82, 2.24) is 15.5 Å². The predicted molar refractivity (Wildman–Crippen MR) is 85.3 cm³/mol. The van der Waals surface area contributed by atoms with Gasteiger partial charge in [-0.05, 0) is 37.7 Å². The van der Waals surface area contributed by atoms with Gasteiger partial charge in [0.2, 0.25) is 0 Å². The Morgan fingerprint density at radius 2 is 1.95 bits per heavy atom. The number of aryl methyl sites for hydroxylation is 1. The Kier molecular flexibility index (Phi) is 5.95. The minimum absolute atomic E-state index is 0.707. The Morgan fingerprint density at radius 1 is 1.14 bits per heavy atom. The average molecular weight is 307 g/mol. The summed E-state index contributed by atoms with van der Waals surface area (Å²) in [6, 6.07) is 5.80. The number of nitrogens with zero attached hydrogens (tertiary/aromatic N) is 2. The second-order valence-corrected chi connectivity index (χ2v) is 5.59. The topological polar surface area (TPSA) is 56.3 Å². The van der Waals surface area contributed by atoms with E-state index in [1.165, 1.54) is 0 Å². The maximum atomic E-state index is 5.32. The number of rotatable bonds is 8. The van der Waals surface area contributed by atoms with E-state index in [0.717, 1.165) is 47.3 Å². The highest BCUT2D eigenvalue weighted by Crippen LogP contribution is 2.33. The molecule has 0 atom stereocenters. The predicted octanol–water partition coefficient (Wildman–Crippen LogP) is 2.76. The van der Waals surface area contributed by atoms with Gasteiger partial charge in [0.25, 0.3) is 0 Å². The van der Waals surface area contributed by atoms with Crippen LogP contribution in [-0.2, 0) is 6.42 Å². The lowest BCUT2D eigenvalue weighted by Gasteiger charge is -2.07. The van der Waals surface area contributed by atoms with Crippen LogP contribution in [0.3, 0.4) is 0 Å². The van der Waals surface area contributed by atoms with E-state index in [9.17, 15) is 0 Å². The first-order valence-electron chi connectivity index (χ1n) is 7.04. The summed E-state index contributed by atoms with van der Waals surface area (Å²) in [5.41, 5.74) is 1.00. The Balaban J connectivity index is 2.06. The normalized spacial score (nSPS) is 10.6. The average Bonchev–Trinajstić information content (AvgIpc) is 2.99. The smallest absolute Gasteiger partial charge is 0.161 e. The van der Waals surface area contributed by atoms with Crippen LogP contribution in [-0.4, -0.2) is 37.5 Å². The van der Waals surface area contributed by atoms with E-state index >= 15 is 0 Å². The zero-order valence-electron chi connectivity index (χ0n) is 12.7. The van der Waals surface area contributed by atoms with Gasteiger partial charge in [0.05, 0.1) is 14.2 Å². The highest BCUT2D eigenvalue weighted by molar-refractivity contribution is 7.14. The summed E-state index contributed by atoms with van der Waals surface area (Å²) in [4.78, 5) is 0. The number of aromatic nitrogens is 2. The lowest BCUT2D eigenvalue weighted by Crippen LogP contribution is -2.14. The molecule has 0 spiro atoms. The van der Waals surface area contributed by atoms with E-state index in [4.69, 9.17) is 9.47 Å². The maximum absolute atomic E-state index is 5.32. The van der Waals surface area contributed by atoms with E-state index in [-0.39, 0.29) is 0 Å². The van der Waals surface area contributed by atoms with Crippen molar-refractivity contribution in [2.24, 2.45) is 0 Å². The molecule has 5 nitrogen and oxygen atoms in total. The van der Waals surface area contributed by atoms with Crippen LogP contribution >= 0.6 is 11.3 Å². The highest BCUT2D eigenvalue weighted by Gasteiger charge is 2.10. The van der Waals surface area contributed by atoms with Crippen LogP contribution in [0.15, 0.2) is 18.2 Å². The lowest BCUT2D eigenvalue weighted by molar-refractivity contribution is 0.355. The molecule has 0 aliphatic rings. The Labute approximate surface area is 129 Å². The van der Waals surface area contributed by atoms with E-state index in [0.29, 0.717) is 5.75 Å². The minimum Gasteiger partial charge on any atom is -0.493 e. The lowest BCUT2D eigenvalue weighted by atomic mass is 10.2. The maximum Gasteiger partial charge on any atom is 0.161 e. The molecule has 1 N–H and O–H groups in total. The number of nitrogens with one attached hydrogen (secondary N) is 1. The number of hydrogen-bond acceptors (Lipinski definition) is 6. The fourth-order valence-corrected chi connectivity index (χ4v) is 2.86. The highest BCUT2D eigenvalue weighted by atomic mass is 32.1. The molecule has 0 fully saturated rings. The largest absolute Gasteiger partial charge is 0.493 e. The second kappa shape index (κ2) is 7.95. The molecule has 0 amide bonds. The summed E-state index contributed by atoms with van der Waals surface area (Å²) in [5.74, 6) is 1.43. The van der Waals surface area contributed by atoms with Crippen molar-refractivity contribution < 1.29 is 9.47 Å². The molecule has 0 saturated heterocycles. The molecule has 114 valence electrons. The fraction of sp³-hybridized carbons (Fsp3) is 0.467. The molecule has 0 unspecified atom stereocenters. The Morgan fingerprint density at radius 3 is 2.67 bits per heavy atom. The van der Waals surface area contributed by atoms with Crippen LogP contribution in [0, 0.1) is 0 Å². The molecule has 0 aliphatic carbocycles. The Hall–Kier alpha value is -1.66. The molecule has 1 aromatic carbocycles. The van der Waals surface area contributed by atoms with Gasteiger partial charge in [-0.25, -0.2) is 0 Å². The third-order valence-electron chi connectivity index (χ3n) is 3.09. The van der Waals surface area contributed by atoms with Gasteiger partial charge in [-0.2, -0.15) is 0 Å². The Bertz CT molecular complexity index is 572. The van der Waals surface area contributed by atoms with Crippen LogP contribution < -0.4 is 14.8 Å². The fourth-order valence-electron chi connectivity index (χ4n) is 1.98. The SMILES string of the molecule is CCNCCCc1nnc(-c2ccc(OC)c(OC)c2)s1. The summed E-state index contributed by atoms with van der Waals surface area (Å²) in [6.45, 7) is 4.13. The monoisotopic (exact) mass is 307 g/mol. The van der Waals surface area contributed by atoms with E-state index in [1.807, 2.05) is 18.2 Å². The van der Waals surface area contributed by atoms with Gasteiger partial charge in [-0.15, -0.1) is 10.2 Å². The molecule has 0 aliphatic heterocycles. The molecule has 21 heavy (non-hydrogen) atoms. The molecule has 2 rings (SSSR count). The van der Waals surface area contributed by atoms with Gasteiger partial charge in [0.1, 0.15) is 10.0 Å². The summed E-state index contributed by atoms with van der Waals surface area (Å²) in [6.07, 6.45) is 2.03. The van der Waals surface area contributed by atoms with Crippen LogP contribution in [0.1, 0.15) is 18.4 Å². The van der Waals surface area contributed by atoms with Crippen LogP contribution in [0.25, 0.3) is 10.6 Å². The summed E-state index contributed by atoms with van der Waals surface area (Å²) < 4.78 is 10.6. The minimum atomic E-state index is 0.707. The van der Waals surface area contributed by atoms with Crippen LogP contribution in [0.4, 0.5) is 0 Å². The molecular formula is C15H21N3O2S. The van der Waals surface area contributed by atoms with Gasteiger partial charge in [0.15, 0.2) is 11.5 Å². The summed E-state index contributed by atoms with van der Waals surface area (Å²) in [5, 5.41) is 13.8. The number of ether oxygens (including phenoxy) is 2. The van der Waals surface area contributed by atoms with Crippen LogP contribution in [0.2, 0.25) is 0 Å². The first-order valence-corrected chi connectivity index (χ1v) is 7.85. The molecule has 1 heterocycles. The first kappa shape index (κ1) is 15.7. The second-order valence-electron chi connectivity index (χ2n) is 4.53. The molecule has 1 aromatic heterocycles. The molecule has 2 aromatic rings.